The molecule has 1 aliphatic rings. The first-order chi connectivity index (χ1) is 10.0. The number of nitrogens with zero attached hydrogens (tertiary/aromatic N) is 2. The average molecular weight is 293 g/mol. The van der Waals surface area contributed by atoms with Crippen LogP contribution in [-0.2, 0) is 4.79 Å². The minimum atomic E-state index is -0.449. The SMILES string of the molecule is CNC(=O)CN1CCN(C(=O)c2cccc(C)c2F)CC1. The molecule has 0 aliphatic carbocycles. The van der Waals surface area contributed by atoms with E-state index in [9.17, 15) is 14.0 Å². The smallest absolute Gasteiger partial charge is 0.256 e. The van der Waals surface area contributed by atoms with Crippen molar-refractivity contribution in [3.05, 3.63) is 35.1 Å². The fourth-order valence-electron chi connectivity index (χ4n) is 2.37. The van der Waals surface area contributed by atoms with Gasteiger partial charge in [0, 0.05) is 33.2 Å². The molecule has 0 radical (unpaired) electrons. The molecule has 1 N–H and O–H groups in total. The number of aryl methyl sites for hydroxylation is 1. The summed E-state index contributed by atoms with van der Waals surface area (Å²) in [4.78, 5) is 27.3. The fraction of sp³-hybridized carbons (Fsp3) is 0.467. The monoisotopic (exact) mass is 293 g/mol. The zero-order valence-electron chi connectivity index (χ0n) is 12.4. The second-order valence-electron chi connectivity index (χ2n) is 5.18. The van der Waals surface area contributed by atoms with Gasteiger partial charge in [0.1, 0.15) is 5.82 Å². The molecule has 0 aromatic heterocycles. The Morgan fingerprint density at radius 1 is 1.24 bits per heavy atom. The van der Waals surface area contributed by atoms with Crippen LogP contribution in [-0.4, -0.2) is 61.4 Å². The summed E-state index contributed by atoms with van der Waals surface area (Å²) < 4.78 is 14.0. The molecule has 1 aliphatic heterocycles. The Balaban J connectivity index is 1.97. The van der Waals surface area contributed by atoms with Gasteiger partial charge in [0.25, 0.3) is 5.91 Å². The van der Waals surface area contributed by atoms with Gasteiger partial charge in [-0.3, -0.25) is 14.5 Å². The van der Waals surface area contributed by atoms with Crippen molar-refractivity contribution in [2.24, 2.45) is 0 Å². The van der Waals surface area contributed by atoms with Crippen LogP contribution >= 0.6 is 0 Å². The fourth-order valence-corrected chi connectivity index (χ4v) is 2.37. The summed E-state index contributed by atoms with van der Waals surface area (Å²) in [5.41, 5.74) is 0.592. The summed E-state index contributed by atoms with van der Waals surface area (Å²) in [5, 5.41) is 2.58. The van der Waals surface area contributed by atoms with Gasteiger partial charge in [-0.2, -0.15) is 0 Å². The van der Waals surface area contributed by atoms with Crippen LogP contribution in [0.15, 0.2) is 18.2 Å². The van der Waals surface area contributed by atoms with E-state index in [-0.39, 0.29) is 17.4 Å². The largest absolute Gasteiger partial charge is 0.358 e. The Kier molecular flexibility index (Phi) is 4.90. The summed E-state index contributed by atoms with van der Waals surface area (Å²) in [6, 6.07) is 4.85. The van der Waals surface area contributed by atoms with Gasteiger partial charge in [-0.15, -0.1) is 0 Å². The second kappa shape index (κ2) is 6.67. The number of amides is 2. The number of halogens is 1. The van der Waals surface area contributed by atoms with Crippen molar-refractivity contribution in [3.63, 3.8) is 0 Å². The Labute approximate surface area is 123 Å². The average Bonchev–Trinajstić information content (AvgIpc) is 2.50. The molecule has 21 heavy (non-hydrogen) atoms. The Hall–Kier alpha value is -1.95. The van der Waals surface area contributed by atoms with Crippen molar-refractivity contribution in [1.29, 1.82) is 0 Å². The first-order valence-corrected chi connectivity index (χ1v) is 7.00. The van der Waals surface area contributed by atoms with E-state index in [2.05, 4.69) is 5.32 Å². The molecule has 1 saturated heterocycles. The Morgan fingerprint density at radius 2 is 1.90 bits per heavy atom. The quantitative estimate of drug-likeness (QED) is 0.890. The molecule has 2 rings (SSSR count). The zero-order valence-corrected chi connectivity index (χ0v) is 12.4. The highest BCUT2D eigenvalue weighted by molar-refractivity contribution is 5.94. The molecular weight excluding hydrogens is 273 g/mol. The molecule has 6 heteroatoms. The van der Waals surface area contributed by atoms with E-state index < -0.39 is 5.82 Å². The minimum Gasteiger partial charge on any atom is -0.358 e. The molecule has 114 valence electrons. The number of piperazine rings is 1. The molecule has 0 unspecified atom stereocenters. The van der Waals surface area contributed by atoms with E-state index in [1.807, 2.05) is 4.90 Å². The topological polar surface area (TPSA) is 52.7 Å². The molecule has 2 amide bonds. The molecule has 0 bridgehead atoms. The van der Waals surface area contributed by atoms with E-state index in [0.717, 1.165) is 0 Å². The standard InChI is InChI=1S/C15H20FN3O2/c1-11-4-3-5-12(14(11)16)15(21)19-8-6-18(7-9-19)10-13(20)17-2/h3-5H,6-10H2,1-2H3,(H,17,20). The van der Waals surface area contributed by atoms with Crippen LogP contribution in [0.5, 0.6) is 0 Å². The van der Waals surface area contributed by atoms with Crippen molar-refractivity contribution in [2.45, 2.75) is 6.92 Å². The minimum absolute atomic E-state index is 0.0421. The number of hydrogen-bond acceptors (Lipinski definition) is 3. The highest BCUT2D eigenvalue weighted by Crippen LogP contribution is 2.15. The van der Waals surface area contributed by atoms with E-state index in [1.54, 1.807) is 31.0 Å². The maximum Gasteiger partial charge on any atom is 0.256 e. The lowest BCUT2D eigenvalue weighted by molar-refractivity contribution is -0.122. The van der Waals surface area contributed by atoms with Crippen molar-refractivity contribution in [2.75, 3.05) is 39.8 Å². The molecule has 1 aromatic rings. The molecule has 1 heterocycles. The molecule has 0 saturated carbocycles. The first-order valence-electron chi connectivity index (χ1n) is 7.00. The van der Waals surface area contributed by atoms with Gasteiger partial charge >= 0.3 is 0 Å². The highest BCUT2D eigenvalue weighted by atomic mass is 19.1. The van der Waals surface area contributed by atoms with Crippen molar-refractivity contribution in [3.8, 4) is 0 Å². The summed E-state index contributed by atoms with van der Waals surface area (Å²) >= 11 is 0. The van der Waals surface area contributed by atoms with E-state index in [0.29, 0.717) is 38.3 Å². The molecular formula is C15H20FN3O2. The highest BCUT2D eigenvalue weighted by Gasteiger charge is 2.25. The molecule has 1 aromatic carbocycles. The number of carbonyl (C=O) groups excluding carboxylic acids is 2. The van der Waals surface area contributed by atoms with E-state index in [1.165, 1.54) is 6.07 Å². The van der Waals surface area contributed by atoms with Gasteiger partial charge in [-0.25, -0.2) is 4.39 Å². The van der Waals surface area contributed by atoms with Crippen LogP contribution in [0.25, 0.3) is 0 Å². The van der Waals surface area contributed by atoms with Crippen LogP contribution in [0, 0.1) is 12.7 Å². The van der Waals surface area contributed by atoms with Gasteiger partial charge in [0.05, 0.1) is 12.1 Å². The van der Waals surface area contributed by atoms with E-state index in [4.69, 9.17) is 0 Å². The third-order valence-electron chi connectivity index (χ3n) is 3.73. The lowest BCUT2D eigenvalue weighted by Crippen LogP contribution is -2.51. The molecule has 5 nitrogen and oxygen atoms in total. The number of benzene rings is 1. The van der Waals surface area contributed by atoms with Crippen LogP contribution in [0.1, 0.15) is 15.9 Å². The third-order valence-corrected chi connectivity index (χ3v) is 3.73. The number of rotatable bonds is 3. The van der Waals surface area contributed by atoms with Crippen molar-refractivity contribution >= 4 is 11.8 Å². The van der Waals surface area contributed by atoms with Gasteiger partial charge in [0.15, 0.2) is 0 Å². The maximum atomic E-state index is 14.0. The summed E-state index contributed by atoms with van der Waals surface area (Å²) in [5.74, 6) is -0.773. The van der Waals surface area contributed by atoms with Crippen LogP contribution < -0.4 is 5.32 Å². The summed E-state index contributed by atoms with van der Waals surface area (Å²) in [7, 11) is 1.60. The van der Waals surface area contributed by atoms with Gasteiger partial charge in [0.2, 0.25) is 5.91 Å². The van der Waals surface area contributed by atoms with Crippen LogP contribution in [0.3, 0.4) is 0 Å². The lowest BCUT2D eigenvalue weighted by atomic mass is 10.1. The number of hydrogen-bond donors (Lipinski definition) is 1. The molecule has 0 spiro atoms. The molecule has 1 fully saturated rings. The summed E-state index contributed by atoms with van der Waals surface area (Å²) in [6.07, 6.45) is 0. The van der Waals surface area contributed by atoms with Gasteiger partial charge in [-0.1, -0.05) is 12.1 Å². The maximum absolute atomic E-state index is 14.0. The predicted octanol–water partition coefficient (Wildman–Crippen LogP) is 0.638. The second-order valence-corrected chi connectivity index (χ2v) is 5.18. The molecule has 0 atom stereocenters. The lowest BCUT2D eigenvalue weighted by Gasteiger charge is -2.34. The number of carbonyl (C=O) groups is 2. The van der Waals surface area contributed by atoms with E-state index >= 15 is 0 Å². The third kappa shape index (κ3) is 3.58. The number of nitrogens with one attached hydrogen (secondary N) is 1. The predicted molar refractivity (Wildman–Crippen MR) is 77.5 cm³/mol. The van der Waals surface area contributed by atoms with Crippen LogP contribution in [0.2, 0.25) is 0 Å². The Morgan fingerprint density at radius 3 is 2.52 bits per heavy atom. The summed E-state index contributed by atoms with van der Waals surface area (Å²) in [6.45, 7) is 4.22. The number of likely N-dealkylation sites (N-methyl/N-ethyl adjacent to an activating group) is 1. The van der Waals surface area contributed by atoms with Crippen molar-refractivity contribution in [1.82, 2.24) is 15.1 Å². The van der Waals surface area contributed by atoms with Crippen molar-refractivity contribution < 1.29 is 14.0 Å². The van der Waals surface area contributed by atoms with Gasteiger partial charge < -0.3 is 10.2 Å². The first kappa shape index (κ1) is 15.4. The normalized spacial score (nSPS) is 15.9. The van der Waals surface area contributed by atoms with Gasteiger partial charge in [-0.05, 0) is 18.6 Å². The zero-order chi connectivity index (χ0) is 15.4. The van der Waals surface area contributed by atoms with Crippen LogP contribution in [0.4, 0.5) is 4.39 Å². The Bertz CT molecular complexity index is 540.